The summed E-state index contributed by atoms with van der Waals surface area (Å²) in [6.07, 6.45) is 0.0538. The van der Waals surface area contributed by atoms with Crippen LogP contribution in [0.3, 0.4) is 0 Å². The van der Waals surface area contributed by atoms with E-state index < -0.39 is 18.0 Å². The van der Waals surface area contributed by atoms with E-state index in [1.165, 1.54) is 0 Å². The van der Waals surface area contributed by atoms with Gasteiger partial charge in [-0.1, -0.05) is 12.1 Å². The van der Waals surface area contributed by atoms with E-state index in [0.717, 1.165) is 22.1 Å². The van der Waals surface area contributed by atoms with Crippen molar-refractivity contribution in [1.82, 2.24) is 19.7 Å². The number of aromatic nitrogens is 3. The van der Waals surface area contributed by atoms with Crippen molar-refractivity contribution in [2.45, 2.75) is 25.6 Å². The summed E-state index contributed by atoms with van der Waals surface area (Å²) >= 11 is 0. The molecule has 1 fully saturated rings. The standard InChI is InChI=1S/C21H22F3N5O/c1-28-11-14(9-26-28)17-8-19(20(25)30)27-18-7-13(4-5-16(17)18)10-29-6-2-3-15(12-29)21(22,23)24/h4-5,7-9,11,15H,2-3,6,10,12H2,1H3,(H2,25,30). The van der Waals surface area contributed by atoms with Crippen molar-refractivity contribution in [2.24, 2.45) is 18.7 Å². The van der Waals surface area contributed by atoms with Crippen molar-refractivity contribution in [3.05, 3.63) is 47.9 Å². The van der Waals surface area contributed by atoms with Crippen LogP contribution in [0.25, 0.3) is 22.0 Å². The molecule has 0 bridgehead atoms. The topological polar surface area (TPSA) is 77.0 Å². The first-order chi connectivity index (χ1) is 14.2. The lowest BCUT2D eigenvalue weighted by Crippen LogP contribution is -2.41. The average Bonchev–Trinajstić information content (AvgIpc) is 3.12. The van der Waals surface area contributed by atoms with Crippen LogP contribution in [-0.4, -0.2) is 44.8 Å². The Morgan fingerprint density at radius 3 is 2.77 bits per heavy atom. The van der Waals surface area contributed by atoms with Gasteiger partial charge in [0.1, 0.15) is 5.69 Å². The summed E-state index contributed by atoms with van der Waals surface area (Å²) < 4.78 is 41.0. The molecule has 1 amide bonds. The summed E-state index contributed by atoms with van der Waals surface area (Å²) in [5.74, 6) is -1.93. The highest BCUT2D eigenvalue weighted by Gasteiger charge is 2.41. The van der Waals surface area contributed by atoms with E-state index in [0.29, 0.717) is 25.0 Å². The Kier molecular flexibility index (Phi) is 5.23. The van der Waals surface area contributed by atoms with Gasteiger partial charge in [0.05, 0.1) is 17.6 Å². The number of hydrogen-bond donors (Lipinski definition) is 1. The normalized spacial score (nSPS) is 18.1. The Labute approximate surface area is 171 Å². The number of rotatable bonds is 4. The first kappa shape index (κ1) is 20.3. The van der Waals surface area contributed by atoms with Crippen molar-refractivity contribution >= 4 is 16.8 Å². The van der Waals surface area contributed by atoms with Crippen molar-refractivity contribution in [1.29, 1.82) is 0 Å². The smallest absolute Gasteiger partial charge is 0.364 e. The van der Waals surface area contributed by atoms with Crippen LogP contribution in [0.5, 0.6) is 0 Å². The maximum atomic E-state index is 13.1. The number of hydrogen-bond acceptors (Lipinski definition) is 4. The second-order valence-corrected chi connectivity index (χ2v) is 7.79. The number of halogens is 3. The first-order valence-corrected chi connectivity index (χ1v) is 9.72. The number of amides is 1. The molecule has 2 N–H and O–H groups in total. The zero-order valence-electron chi connectivity index (χ0n) is 16.5. The Balaban J connectivity index is 1.67. The summed E-state index contributed by atoms with van der Waals surface area (Å²) in [6.45, 7) is 1.02. The van der Waals surface area contributed by atoms with E-state index in [4.69, 9.17) is 5.73 Å². The number of primary amides is 1. The molecule has 1 aromatic carbocycles. The molecule has 2 aromatic heterocycles. The lowest BCUT2D eigenvalue weighted by Gasteiger charge is -2.33. The van der Waals surface area contributed by atoms with Crippen LogP contribution in [-0.2, 0) is 13.6 Å². The molecular formula is C21H22F3N5O. The first-order valence-electron chi connectivity index (χ1n) is 9.72. The lowest BCUT2D eigenvalue weighted by molar-refractivity contribution is -0.187. The van der Waals surface area contributed by atoms with Gasteiger partial charge < -0.3 is 5.73 Å². The molecule has 1 aliphatic rings. The number of aryl methyl sites for hydroxylation is 1. The molecule has 0 aliphatic carbocycles. The van der Waals surface area contributed by atoms with Crippen LogP contribution >= 0.6 is 0 Å². The fourth-order valence-electron chi connectivity index (χ4n) is 4.02. The number of nitrogens with two attached hydrogens (primary N) is 1. The van der Waals surface area contributed by atoms with Gasteiger partial charge >= 0.3 is 6.18 Å². The molecule has 3 aromatic rings. The van der Waals surface area contributed by atoms with Crippen LogP contribution in [0, 0.1) is 5.92 Å². The molecule has 1 aliphatic heterocycles. The zero-order valence-corrected chi connectivity index (χ0v) is 16.5. The van der Waals surface area contributed by atoms with Gasteiger partial charge in [-0.3, -0.25) is 14.4 Å². The third-order valence-electron chi connectivity index (χ3n) is 5.52. The van der Waals surface area contributed by atoms with Crippen molar-refractivity contribution < 1.29 is 18.0 Å². The Morgan fingerprint density at radius 1 is 1.30 bits per heavy atom. The predicted octanol–water partition coefficient (Wildman–Crippen LogP) is 3.51. The van der Waals surface area contributed by atoms with Crippen molar-refractivity contribution in [3.63, 3.8) is 0 Å². The molecule has 158 valence electrons. The van der Waals surface area contributed by atoms with Gasteiger partial charge in [0.2, 0.25) is 0 Å². The molecule has 30 heavy (non-hydrogen) atoms. The summed E-state index contributed by atoms with van der Waals surface area (Å²) in [4.78, 5) is 18.0. The number of benzene rings is 1. The average molecular weight is 417 g/mol. The van der Waals surface area contributed by atoms with Crippen LogP contribution in [0.4, 0.5) is 13.2 Å². The summed E-state index contributed by atoms with van der Waals surface area (Å²) in [5.41, 5.74) is 8.62. The van der Waals surface area contributed by atoms with Gasteiger partial charge in [-0.2, -0.15) is 18.3 Å². The van der Waals surface area contributed by atoms with Crippen LogP contribution in [0.2, 0.25) is 0 Å². The Morgan fingerprint density at radius 2 is 2.10 bits per heavy atom. The number of fused-ring (bicyclic) bond motifs is 1. The molecule has 1 saturated heterocycles. The molecule has 6 nitrogen and oxygen atoms in total. The minimum absolute atomic E-state index is 0.00275. The highest BCUT2D eigenvalue weighted by Crippen LogP contribution is 2.34. The number of nitrogens with zero attached hydrogens (tertiary/aromatic N) is 4. The van der Waals surface area contributed by atoms with Gasteiger partial charge in [-0.25, -0.2) is 4.98 Å². The second-order valence-electron chi connectivity index (χ2n) is 7.79. The van der Waals surface area contributed by atoms with E-state index in [-0.39, 0.29) is 18.7 Å². The monoisotopic (exact) mass is 417 g/mol. The Hall–Kier alpha value is -2.94. The highest BCUT2D eigenvalue weighted by molar-refractivity contribution is 6.00. The second kappa shape index (κ2) is 7.71. The van der Waals surface area contributed by atoms with Gasteiger partial charge in [0, 0.05) is 37.3 Å². The Bertz CT molecular complexity index is 1090. The number of carbonyl (C=O) groups is 1. The SMILES string of the molecule is Cn1cc(-c2cc(C(N)=O)nc3cc(CN4CCCC(C(F)(F)F)C4)ccc23)cn1. The molecular weight excluding hydrogens is 395 g/mol. The van der Waals surface area contributed by atoms with E-state index in [9.17, 15) is 18.0 Å². The van der Waals surface area contributed by atoms with E-state index >= 15 is 0 Å². The number of pyridine rings is 1. The van der Waals surface area contributed by atoms with Crippen LogP contribution in [0.15, 0.2) is 36.7 Å². The summed E-state index contributed by atoms with van der Waals surface area (Å²) in [5, 5.41) is 5.00. The third kappa shape index (κ3) is 4.16. The highest BCUT2D eigenvalue weighted by atomic mass is 19.4. The lowest BCUT2D eigenvalue weighted by atomic mass is 9.96. The predicted molar refractivity (Wildman–Crippen MR) is 107 cm³/mol. The molecule has 0 spiro atoms. The molecule has 3 heterocycles. The largest absolute Gasteiger partial charge is 0.393 e. The maximum Gasteiger partial charge on any atom is 0.393 e. The van der Waals surface area contributed by atoms with E-state index in [2.05, 4.69) is 10.1 Å². The van der Waals surface area contributed by atoms with Crippen molar-refractivity contribution in [3.8, 4) is 11.1 Å². The van der Waals surface area contributed by atoms with Crippen LogP contribution < -0.4 is 5.73 Å². The van der Waals surface area contributed by atoms with Gasteiger partial charge in [0.25, 0.3) is 5.91 Å². The minimum atomic E-state index is -4.17. The molecule has 0 saturated carbocycles. The summed E-state index contributed by atoms with van der Waals surface area (Å²) in [7, 11) is 1.80. The zero-order chi connectivity index (χ0) is 21.5. The minimum Gasteiger partial charge on any atom is -0.364 e. The number of piperidine rings is 1. The van der Waals surface area contributed by atoms with Crippen LogP contribution in [0.1, 0.15) is 28.9 Å². The van der Waals surface area contributed by atoms with Gasteiger partial charge in [0.15, 0.2) is 0 Å². The number of carbonyl (C=O) groups excluding carboxylic acids is 1. The fourth-order valence-corrected chi connectivity index (χ4v) is 4.02. The fraction of sp³-hybridized carbons (Fsp3) is 0.381. The van der Waals surface area contributed by atoms with Gasteiger partial charge in [-0.15, -0.1) is 0 Å². The number of likely N-dealkylation sites (tertiary alicyclic amines) is 1. The summed E-state index contributed by atoms with van der Waals surface area (Å²) in [6, 6.07) is 7.24. The van der Waals surface area contributed by atoms with E-state index in [1.807, 2.05) is 29.3 Å². The molecule has 0 radical (unpaired) electrons. The van der Waals surface area contributed by atoms with E-state index in [1.54, 1.807) is 24.0 Å². The molecule has 1 atom stereocenters. The van der Waals surface area contributed by atoms with Crippen molar-refractivity contribution in [2.75, 3.05) is 13.1 Å². The van der Waals surface area contributed by atoms with Gasteiger partial charge in [-0.05, 0) is 42.6 Å². The quantitative estimate of drug-likeness (QED) is 0.705. The maximum absolute atomic E-state index is 13.1. The molecule has 9 heteroatoms. The molecule has 4 rings (SSSR count). The number of alkyl halides is 3. The third-order valence-corrected chi connectivity index (χ3v) is 5.52. The molecule has 1 unspecified atom stereocenters.